The summed E-state index contributed by atoms with van der Waals surface area (Å²) in [5, 5.41) is 3.30. The van der Waals surface area contributed by atoms with E-state index in [4.69, 9.17) is 16.3 Å². The Morgan fingerprint density at radius 3 is 2.50 bits per heavy atom. The molecule has 1 amide bonds. The molecule has 0 bridgehead atoms. The molecule has 1 heterocycles. The van der Waals surface area contributed by atoms with Gasteiger partial charge in [-0.15, -0.1) is 0 Å². The van der Waals surface area contributed by atoms with Crippen molar-refractivity contribution in [2.75, 3.05) is 50.1 Å². The lowest BCUT2D eigenvalue weighted by atomic mass is 10.2. The molecule has 5 nitrogen and oxygen atoms in total. The predicted octanol–water partition coefficient (Wildman–Crippen LogP) is 3.87. The van der Waals surface area contributed by atoms with Crippen molar-refractivity contribution in [3.63, 3.8) is 0 Å². The van der Waals surface area contributed by atoms with Crippen molar-refractivity contribution in [2.45, 2.75) is 0 Å². The smallest absolute Gasteiger partial charge is 0.262 e. The molecule has 0 unspecified atom stereocenters. The Hall–Kier alpha value is -1.76. The van der Waals surface area contributed by atoms with Crippen LogP contribution in [0.3, 0.4) is 0 Å². The number of likely N-dealkylation sites (N-methyl/N-ethyl adjacent to an activating group) is 1. The molecule has 7 heteroatoms. The van der Waals surface area contributed by atoms with E-state index < -0.39 is 0 Å². The minimum absolute atomic E-state index is 0.0957. The summed E-state index contributed by atoms with van der Waals surface area (Å²) in [6.07, 6.45) is 0. The lowest BCUT2D eigenvalue weighted by molar-refractivity contribution is -0.118. The minimum atomic E-state index is -0.226. The summed E-state index contributed by atoms with van der Waals surface area (Å²) >= 11 is 9.41. The standard InChI is InChI=1S/C19H21BrClN3O2/c1-23-8-10-24(11-9-23)16-5-3-15(4-6-16)22-19(25)13-26-18-7-2-14(20)12-17(18)21/h2-7,12H,8-11,13H2,1H3,(H,22,25). The molecule has 1 N–H and O–H groups in total. The first-order chi connectivity index (χ1) is 12.5. The second-order valence-corrected chi connectivity index (χ2v) is 7.57. The molecule has 1 aliphatic rings. The summed E-state index contributed by atoms with van der Waals surface area (Å²) in [5.74, 6) is 0.256. The molecule has 1 aliphatic heterocycles. The van der Waals surface area contributed by atoms with Gasteiger partial charge in [0.2, 0.25) is 0 Å². The summed E-state index contributed by atoms with van der Waals surface area (Å²) in [6.45, 7) is 4.07. The highest BCUT2D eigenvalue weighted by molar-refractivity contribution is 9.10. The van der Waals surface area contributed by atoms with Gasteiger partial charge in [0, 0.05) is 42.0 Å². The molecule has 1 saturated heterocycles. The molecule has 1 fully saturated rings. The topological polar surface area (TPSA) is 44.8 Å². The van der Waals surface area contributed by atoms with Gasteiger partial charge in [0.25, 0.3) is 5.91 Å². The maximum Gasteiger partial charge on any atom is 0.262 e. The van der Waals surface area contributed by atoms with E-state index in [0.29, 0.717) is 10.8 Å². The van der Waals surface area contributed by atoms with E-state index in [1.807, 2.05) is 30.3 Å². The van der Waals surface area contributed by atoms with Crippen LogP contribution < -0.4 is 15.0 Å². The van der Waals surface area contributed by atoms with E-state index in [0.717, 1.165) is 36.3 Å². The predicted molar refractivity (Wildman–Crippen MR) is 109 cm³/mol. The zero-order valence-electron chi connectivity index (χ0n) is 14.5. The van der Waals surface area contributed by atoms with Crippen LogP contribution in [0, 0.1) is 0 Å². The number of anilines is 2. The number of amides is 1. The van der Waals surface area contributed by atoms with Gasteiger partial charge in [0.1, 0.15) is 5.75 Å². The molecule has 3 rings (SSSR count). The number of nitrogens with zero attached hydrogens (tertiary/aromatic N) is 2. The monoisotopic (exact) mass is 437 g/mol. The Balaban J connectivity index is 1.51. The van der Waals surface area contributed by atoms with Gasteiger partial charge in [-0.1, -0.05) is 27.5 Å². The molecule has 0 atom stereocenters. The van der Waals surface area contributed by atoms with Crippen molar-refractivity contribution >= 4 is 44.8 Å². The summed E-state index contributed by atoms with van der Waals surface area (Å²) in [4.78, 5) is 16.8. The maximum absolute atomic E-state index is 12.1. The van der Waals surface area contributed by atoms with Crippen molar-refractivity contribution in [2.24, 2.45) is 0 Å². The molecule has 138 valence electrons. The van der Waals surface area contributed by atoms with E-state index in [1.54, 1.807) is 12.1 Å². The van der Waals surface area contributed by atoms with Crippen molar-refractivity contribution in [1.29, 1.82) is 0 Å². The lowest BCUT2D eigenvalue weighted by Gasteiger charge is -2.34. The van der Waals surface area contributed by atoms with Crippen molar-refractivity contribution < 1.29 is 9.53 Å². The normalized spacial score (nSPS) is 15.0. The second-order valence-electron chi connectivity index (χ2n) is 6.25. The van der Waals surface area contributed by atoms with Gasteiger partial charge < -0.3 is 19.9 Å². The van der Waals surface area contributed by atoms with Gasteiger partial charge in [0.15, 0.2) is 6.61 Å². The number of benzene rings is 2. The van der Waals surface area contributed by atoms with Crippen LogP contribution in [0.2, 0.25) is 5.02 Å². The summed E-state index contributed by atoms with van der Waals surface area (Å²) in [5.41, 5.74) is 1.92. The first-order valence-corrected chi connectivity index (χ1v) is 9.59. The molecule has 0 radical (unpaired) electrons. The van der Waals surface area contributed by atoms with E-state index in [1.165, 1.54) is 5.69 Å². The number of carbonyl (C=O) groups is 1. The van der Waals surface area contributed by atoms with E-state index >= 15 is 0 Å². The Labute approximate surface area is 167 Å². The highest BCUT2D eigenvalue weighted by atomic mass is 79.9. The molecule has 2 aromatic carbocycles. The zero-order valence-corrected chi connectivity index (χ0v) is 16.9. The number of halogens is 2. The van der Waals surface area contributed by atoms with Crippen molar-refractivity contribution in [3.8, 4) is 5.75 Å². The summed E-state index contributed by atoms with van der Waals surface area (Å²) < 4.78 is 6.34. The third kappa shape index (κ3) is 5.13. The van der Waals surface area contributed by atoms with Gasteiger partial charge in [0.05, 0.1) is 5.02 Å². The van der Waals surface area contributed by atoms with Gasteiger partial charge in [-0.25, -0.2) is 0 Å². The molecule has 0 saturated carbocycles. The fourth-order valence-electron chi connectivity index (χ4n) is 2.75. The van der Waals surface area contributed by atoms with Gasteiger partial charge >= 0.3 is 0 Å². The van der Waals surface area contributed by atoms with Crippen LogP contribution in [0.4, 0.5) is 11.4 Å². The number of piperazine rings is 1. The highest BCUT2D eigenvalue weighted by Gasteiger charge is 2.14. The highest BCUT2D eigenvalue weighted by Crippen LogP contribution is 2.27. The van der Waals surface area contributed by atoms with Crippen LogP contribution in [0.15, 0.2) is 46.9 Å². The van der Waals surface area contributed by atoms with Gasteiger partial charge in [-0.3, -0.25) is 4.79 Å². The number of ether oxygens (including phenoxy) is 1. The quantitative estimate of drug-likeness (QED) is 0.770. The Morgan fingerprint density at radius 1 is 1.15 bits per heavy atom. The number of carbonyl (C=O) groups excluding carboxylic acids is 1. The van der Waals surface area contributed by atoms with Crippen LogP contribution in [0.5, 0.6) is 5.75 Å². The second kappa shape index (κ2) is 8.75. The van der Waals surface area contributed by atoms with Crippen LogP contribution >= 0.6 is 27.5 Å². The molecule has 26 heavy (non-hydrogen) atoms. The van der Waals surface area contributed by atoms with Crippen LogP contribution in [-0.4, -0.2) is 50.6 Å². The lowest BCUT2D eigenvalue weighted by Crippen LogP contribution is -2.44. The zero-order chi connectivity index (χ0) is 18.5. The summed E-state index contributed by atoms with van der Waals surface area (Å²) in [7, 11) is 2.14. The van der Waals surface area contributed by atoms with E-state index in [2.05, 4.69) is 38.1 Å². The molecule has 2 aromatic rings. The van der Waals surface area contributed by atoms with Crippen LogP contribution in [0.25, 0.3) is 0 Å². The number of nitrogens with one attached hydrogen (secondary N) is 1. The SMILES string of the molecule is CN1CCN(c2ccc(NC(=O)COc3ccc(Br)cc3Cl)cc2)CC1. The number of hydrogen-bond donors (Lipinski definition) is 1. The molecular formula is C19H21BrClN3O2. The Morgan fingerprint density at radius 2 is 1.85 bits per heavy atom. The van der Waals surface area contributed by atoms with E-state index in [-0.39, 0.29) is 12.5 Å². The van der Waals surface area contributed by atoms with Gasteiger partial charge in [-0.2, -0.15) is 0 Å². The average molecular weight is 439 g/mol. The Kier molecular flexibility index (Phi) is 6.40. The van der Waals surface area contributed by atoms with Crippen LogP contribution in [-0.2, 0) is 4.79 Å². The maximum atomic E-state index is 12.1. The largest absolute Gasteiger partial charge is 0.482 e. The van der Waals surface area contributed by atoms with E-state index in [9.17, 15) is 4.79 Å². The van der Waals surface area contributed by atoms with Crippen molar-refractivity contribution in [1.82, 2.24) is 4.90 Å². The van der Waals surface area contributed by atoms with Gasteiger partial charge in [-0.05, 0) is 49.5 Å². The molecule has 0 spiro atoms. The van der Waals surface area contributed by atoms with Crippen molar-refractivity contribution in [3.05, 3.63) is 52.0 Å². The minimum Gasteiger partial charge on any atom is -0.482 e. The number of hydrogen-bond acceptors (Lipinski definition) is 4. The Bertz CT molecular complexity index is 762. The first kappa shape index (κ1) is 19.0. The first-order valence-electron chi connectivity index (χ1n) is 8.42. The third-order valence-corrected chi connectivity index (χ3v) is 5.06. The fraction of sp³-hybridized carbons (Fsp3) is 0.316. The molecule has 0 aromatic heterocycles. The van der Waals surface area contributed by atoms with Crippen LogP contribution in [0.1, 0.15) is 0 Å². The fourth-order valence-corrected chi connectivity index (χ4v) is 3.48. The summed E-state index contributed by atoms with van der Waals surface area (Å²) in [6, 6.07) is 13.2. The molecular weight excluding hydrogens is 418 g/mol. The average Bonchev–Trinajstić information content (AvgIpc) is 2.62. The molecule has 0 aliphatic carbocycles. The third-order valence-electron chi connectivity index (χ3n) is 4.27. The number of rotatable bonds is 5.